The number of hydrogen-bond donors (Lipinski definition) is 2. The SMILES string of the molecule is C=CCN(CC(=O)Nc1cc(C)on1)C(=O)Nc1ccc(OCC)cc1. The Kier molecular flexibility index (Phi) is 6.78. The average Bonchev–Trinajstić information content (AvgIpc) is 3.01. The first-order valence-electron chi connectivity index (χ1n) is 8.14. The molecular weight excluding hydrogens is 336 g/mol. The summed E-state index contributed by atoms with van der Waals surface area (Å²) in [5, 5.41) is 9.00. The first-order valence-corrected chi connectivity index (χ1v) is 8.14. The van der Waals surface area contributed by atoms with Crippen molar-refractivity contribution in [2.75, 3.05) is 30.3 Å². The summed E-state index contributed by atoms with van der Waals surface area (Å²) < 4.78 is 10.2. The maximum Gasteiger partial charge on any atom is 0.322 e. The van der Waals surface area contributed by atoms with E-state index in [-0.39, 0.29) is 19.0 Å². The van der Waals surface area contributed by atoms with Gasteiger partial charge in [-0.3, -0.25) is 4.79 Å². The van der Waals surface area contributed by atoms with Gasteiger partial charge in [0.1, 0.15) is 18.1 Å². The Labute approximate surface area is 151 Å². The zero-order valence-corrected chi connectivity index (χ0v) is 14.8. The second kappa shape index (κ2) is 9.26. The molecule has 0 saturated carbocycles. The van der Waals surface area contributed by atoms with Gasteiger partial charge in [-0.1, -0.05) is 11.2 Å². The number of amides is 3. The minimum atomic E-state index is -0.416. The third-order valence-electron chi connectivity index (χ3n) is 3.28. The second-order valence-corrected chi connectivity index (χ2v) is 5.43. The van der Waals surface area contributed by atoms with Crippen molar-refractivity contribution in [3.05, 3.63) is 48.7 Å². The highest BCUT2D eigenvalue weighted by atomic mass is 16.5. The van der Waals surface area contributed by atoms with E-state index in [1.54, 1.807) is 43.3 Å². The fourth-order valence-corrected chi connectivity index (χ4v) is 2.16. The summed E-state index contributed by atoms with van der Waals surface area (Å²) in [5.41, 5.74) is 0.597. The highest BCUT2D eigenvalue weighted by molar-refractivity contribution is 5.96. The Bertz CT molecular complexity index is 755. The van der Waals surface area contributed by atoms with Gasteiger partial charge in [-0.2, -0.15) is 0 Å². The van der Waals surface area contributed by atoms with Crippen molar-refractivity contribution in [2.24, 2.45) is 0 Å². The van der Waals surface area contributed by atoms with E-state index in [4.69, 9.17) is 9.26 Å². The van der Waals surface area contributed by atoms with Crippen molar-refractivity contribution < 1.29 is 18.8 Å². The van der Waals surface area contributed by atoms with Crippen LogP contribution < -0.4 is 15.4 Å². The molecule has 2 N–H and O–H groups in total. The molecule has 0 spiro atoms. The summed E-state index contributed by atoms with van der Waals surface area (Å²) in [6, 6.07) is 8.16. The molecule has 3 amide bonds. The summed E-state index contributed by atoms with van der Waals surface area (Å²) in [6.07, 6.45) is 1.55. The van der Waals surface area contributed by atoms with Gasteiger partial charge in [-0.05, 0) is 38.1 Å². The number of benzene rings is 1. The first-order chi connectivity index (χ1) is 12.5. The minimum Gasteiger partial charge on any atom is -0.494 e. The van der Waals surface area contributed by atoms with E-state index in [0.29, 0.717) is 23.9 Å². The molecule has 8 heteroatoms. The smallest absolute Gasteiger partial charge is 0.322 e. The number of urea groups is 1. The fourth-order valence-electron chi connectivity index (χ4n) is 2.16. The van der Waals surface area contributed by atoms with Crippen LogP contribution in [0.1, 0.15) is 12.7 Å². The number of nitrogens with one attached hydrogen (secondary N) is 2. The van der Waals surface area contributed by atoms with E-state index in [1.807, 2.05) is 6.92 Å². The second-order valence-electron chi connectivity index (χ2n) is 5.43. The van der Waals surface area contributed by atoms with Crippen LogP contribution in [-0.2, 0) is 4.79 Å². The zero-order valence-electron chi connectivity index (χ0n) is 14.8. The van der Waals surface area contributed by atoms with Gasteiger partial charge in [-0.25, -0.2) is 4.79 Å². The molecule has 138 valence electrons. The highest BCUT2D eigenvalue weighted by Gasteiger charge is 2.17. The van der Waals surface area contributed by atoms with E-state index >= 15 is 0 Å². The van der Waals surface area contributed by atoms with E-state index in [1.165, 1.54) is 4.90 Å². The van der Waals surface area contributed by atoms with Crippen molar-refractivity contribution in [2.45, 2.75) is 13.8 Å². The Balaban J connectivity index is 1.95. The third-order valence-corrected chi connectivity index (χ3v) is 3.28. The van der Waals surface area contributed by atoms with Crippen molar-refractivity contribution in [3.63, 3.8) is 0 Å². The minimum absolute atomic E-state index is 0.152. The molecule has 1 heterocycles. The van der Waals surface area contributed by atoms with Gasteiger partial charge < -0.3 is 24.8 Å². The number of carbonyl (C=O) groups is 2. The molecule has 2 rings (SSSR count). The van der Waals surface area contributed by atoms with Crippen LogP contribution >= 0.6 is 0 Å². The van der Waals surface area contributed by atoms with Gasteiger partial charge in [-0.15, -0.1) is 6.58 Å². The van der Waals surface area contributed by atoms with Gasteiger partial charge in [0.2, 0.25) is 5.91 Å². The van der Waals surface area contributed by atoms with E-state index in [2.05, 4.69) is 22.4 Å². The number of rotatable bonds is 8. The van der Waals surface area contributed by atoms with Gasteiger partial charge in [0, 0.05) is 18.3 Å². The Morgan fingerprint density at radius 3 is 2.62 bits per heavy atom. The summed E-state index contributed by atoms with van der Waals surface area (Å²) >= 11 is 0. The van der Waals surface area contributed by atoms with Crippen molar-refractivity contribution in [3.8, 4) is 5.75 Å². The fraction of sp³-hybridized carbons (Fsp3) is 0.278. The van der Waals surface area contributed by atoms with E-state index < -0.39 is 6.03 Å². The van der Waals surface area contributed by atoms with Crippen molar-refractivity contribution in [1.82, 2.24) is 10.1 Å². The Hall–Kier alpha value is -3.29. The summed E-state index contributed by atoms with van der Waals surface area (Å²) in [4.78, 5) is 25.9. The lowest BCUT2D eigenvalue weighted by atomic mass is 10.3. The molecule has 0 bridgehead atoms. The normalized spacial score (nSPS) is 10.1. The number of carbonyl (C=O) groups excluding carboxylic acids is 2. The Morgan fingerprint density at radius 2 is 2.04 bits per heavy atom. The topological polar surface area (TPSA) is 96.7 Å². The number of aryl methyl sites for hydroxylation is 1. The average molecular weight is 358 g/mol. The molecule has 1 aromatic heterocycles. The van der Waals surface area contributed by atoms with Gasteiger partial charge in [0.15, 0.2) is 5.82 Å². The van der Waals surface area contributed by atoms with Crippen LogP contribution in [0.4, 0.5) is 16.3 Å². The van der Waals surface area contributed by atoms with Crippen molar-refractivity contribution >= 4 is 23.4 Å². The lowest BCUT2D eigenvalue weighted by Crippen LogP contribution is -2.40. The molecule has 8 nitrogen and oxygen atoms in total. The molecule has 2 aromatic rings. The Morgan fingerprint density at radius 1 is 1.31 bits per heavy atom. The standard InChI is InChI=1S/C18H22N4O4/c1-4-10-22(12-17(23)20-16-11-13(3)26-21-16)18(24)19-14-6-8-15(9-7-14)25-5-2/h4,6-9,11H,1,5,10,12H2,2-3H3,(H,19,24)(H,20,21,23). The summed E-state index contributed by atoms with van der Waals surface area (Å²) in [6.45, 7) is 7.87. The van der Waals surface area contributed by atoms with Crippen LogP contribution in [0.2, 0.25) is 0 Å². The number of aromatic nitrogens is 1. The lowest BCUT2D eigenvalue weighted by molar-refractivity contribution is -0.116. The molecule has 26 heavy (non-hydrogen) atoms. The quantitative estimate of drug-likeness (QED) is 0.707. The molecule has 0 saturated heterocycles. The van der Waals surface area contributed by atoms with Crippen molar-refractivity contribution in [1.29, 1.82) is 0 Å². The molecule has 1 aromatic carbocycles. The van der Waals surface area contributed by atoms with Crippen LogP contribution in [0.5, 0.6) is 5.75 Å². The molecule has 0 fully saturated rings. The zero-order chi connectivity index (χ0) is 18.9. The van der Waals surface area contributed by atoms with Crippen LogP contribution in [0.3, 0.4) is 0 Å². The predicted octanol–water partition coefficient (Wildman–Crippen LogP) is 3.04. The summed E-state index contributed by atoms with van der Waals surface area (Å²) in [7, 11) is 0. The molecule has 0 aliphatic heterocycles. The molecule has 0 aliphatic carbocycles. The third kappa shape index (κ3) is 5.66. The molecule has 0 radical (unpaired) electrons. The van der Waals surface area contributed by atoms with Gasteiger partial charge >= 0.3 is 6.03 Å². The lowest BCUT2D eigenvalue weighted by Gasteiger charge is -2.21. The van der Waals surface area contributed by atoms with Crippen LogP contribution in [0.15, 0.2) is 47.5 Å². The van der Waals surface area contributed by atoms with Crippen LogP contribution in [0, 0.1) is 6.92 Å². The van der Waals surface area contributed by atoms with Crippen LogP contribution in [0.25, 0.3) is 0 Å². The van der Waals surface area contributed by atoms with E-state index in [0.717, 1.165) is 5.75 Å². The number of anilines is 2. The highest BCUT2D eigenvalue weighted by Crippen LogP contribution is 2.16. The number of hydrogen-bond acceptors (Lipinski definition) is 5. The van der Waals surface area contributed by atoms with Gasteiger partial charge in [0.25, 0.3) is 0 Å². The number of nitrogens with zero attached hydrogens (tertiary/aromatic N) is 2. The molecule has 0 atom stereocenters. The first kappa shape index (κ1) is 19.0. The largest absolute Gasteiger partial charge is 0.494 e. The number of ether oxygens (including phenoxy) is 1. The monoisotopic (exact) mass is 358 g/mol. The molecular formula is C18H22N4O4. The summed E-state index contributed by atoms with van der Waals surface area (Å²) in [5.74, 6) is 1.21. The van der Waals surface area contributed by atoms with E-state index in [9.17, 15) is 9.59 Å². The predicted molar refractivity (Wildman–Crippen MR) is 98.3 cm³/mol. The maximum absolute atomic E-state index is 12.4. The van der Waals surface area contributed by atoms with Gasteiger partial charge in [0.05, 0.1) is 6.61 Å². The molecule has 0 unspecified atom stereocenters. The maximum atomic E-state index is 12.4. The molecule has 0 aliphatic rings. The van der Waals surface area contributed by atoms with Crippen LogP contribution in [-0.4, -0.2) is 41.7 Å².